The minimum Gasteiger partial charge on any atom is -0.382 e. The van der Waals surface area contributed by atoms with E-state index in [9.17, 15) is 4.79 Å². The van der Waals surface area contributed by atoms with Crippen LogP contribution in [0, 0.1) is 6.92 Å². The minimum absolute atomic E-state index is 0.0846. The van der Waals surface area contributed by atoms with Gasteiger partial charge in [-0.25, -0.2) is 0 Å². The molecule has 0 spiro atoms. The Morgan fingerprint density at radius 3 is 2.90 bits per heavy atom. The molecule has 2 rings (SSSR count). The zero-order valence-corrected chi connectivity index (χ0v) is 12.3. The van der Waals surface area contributed by atoms with Gasteiger partial charge in [0.25, 0.3) is 5.91 Å². The maximum atomic E-state index is 12.0. The van der Waals surface area contributed by atoms with Crippen LogP contribution in [0.2, 0.25) is 0 Å². The summed E-state index contributed by atoms with van der Waals surface area (Å²) in [7, 11) is 4.11. The topological polar surface area (TPSA) is 55.1 Å². The van der Waals surface area contributed by atoms with Crippen molar-refractivity contribution >= 4 is 11.6 Å². The van der Waals surface area contributed by atoms with Crippen molar-refractivity contribution in [2.75, 3.05) is 27.2 Å². The van der Waals surface area contributed by atoms with Gasteiger partial charge in [-0.1, -0.05) is 29.4 Å². The van der Waals surface area contributed by atoms with Gasteiger partial charge in [0, 0.05) is 12.0 Å². The number of nitrogens with zero attached hydrogens (tertiary/aromatic N) is 1. The van der Waals surface area contributed by atoms with Gasteiger partial charge in [-0.15, -0.1) is 0 Å². The van der Waals surface area contributed by atoms with Crippen molar-refractivity contribution in [3.8, 4) is 0 Å². The lowest BCUT2D eigenvalue weighted by molar-refractivity contribution is -0.856. The number of benzene rings is 1. The van der Waals surface area contributed by atoms with Crippen LogP contribution < -0.4 is 10.2 Å². The quantitative estimate of drug-likeness (QED) is 0.779. The highest BCUT2D eigenvalue weighted by Crippen LogP contribution is 2.19. The summed E-state index contributed by atoms with van der Waals surface area (Å²) in [6.07, 6.45) is 0.0349. The molecular formula is C15H22N3O2+. The molecule has 1 aliphatic rings. The van der Waals surface area contributed by atoms with Crippen LogP contribution in [-0.4, -0.2) is 44.9 Å². The molecule has 108 valence electrons. The Morgan fingerprint density at radius 2 is 2.20 bits per heavy atom. The summed E-state index contributed by atoms with van der Waals surface area (Å²) in [6.45, 7) is 3.58. The highest BCUT2D eigenvalue weighted by Gasteiger charge is 2.29. The van der Waals surface area contributed by atoms with Gasteiger partial charge in [0.1, 0.15) is 0 Å². The number of nitrogens with one attached hydrogen (secondary N) is 2. The van der Waals surface area contributed by atoms with Crippen LogP contribution in [0.3, 0.4) is 0 Å². The Bertz CT molecular complexity index is 512. The zero-order valence-electron chi connectivity index (χ0n) is 12.3. The largest absolute Gasteiger partial charge is 0.382 e. The first kappa shape index (κ1) is 14.5. The number of rotatable bonds is 5. The second-order valence-electron chi connectivity index (χ2n) is 5.40. The number of hydrogen-bond acceptors (Lipinski definition) is 3. The number of carbonyl (C=O) groups is 1. The Morgan fingerprint density at radius 1 is 1.45 bits per heavy atom. The predicted octanol–water partition coefficient (Wildman–Crippen LogP) is -0.251. The molecule has 0 saturated carbocycles. The van der Waals surface area contributed by atoms with Gasteiger partial charge in [-0.2, -0.15) is 0 Å². The van der Waals surface area contributed by atoms with Crippen LogP contribution in [0.25, 0.3) is 0 Å². The summed E-state index contributed by atoms with van der Waals surface area (Å²) in [4.78, 5) is 18.5. The Hall–Kier alpha value is -1.88. The third-order valence-electron chi connectivity index (χ3n) is 3.34. The molecule has 0 unspecified atom stereocenters. The smallest absolute Gasteiger partial charge is 0.264 e. The van der Waals surface area contributed by atoms with Crippen LogP contribution in [0.1, 0.15) is 17.5 Å². The first-order valence-corrected chi connectivity index (χ1v) is 6.93. The summed E-state index contributed by atoms with van der Waals surface area (Å²) >= 11 is 0. The molecular weight excluding hydrogens is 254 g/mol. The molecule has 1 aromatic rings. The second-order valence-corrected chi connectivity index (χ2v) is 5.40. The van der Waals surface area contributed by atoms with Crippen LogP contribution in [0.5, 0.6) is 0 Å². The highest BCUT2D eigenvalue weighted by atomic mass is 16.6. The van der Waals surface area contributed by atoms with Crippen molar-refractivity contribution in [2.45, 2.75) is 19.4 Å². The number of likely N-dealkylation sites (N-methyl/N-ethyl adjacent to an activating group) is 1. The second kappa shape index (κ2) is 6.52. The molecule has 2 N–H and O–H groups in total. The number of oxime groups is 1. The number of quaternary nitrogens is 1. The molecule has 1 heterocycles. The third kappa shape index (κ3) is 3.57. The summed E-state index contributed by atoms with van der Waals surface area (Å²) in [5, 5.41) is 6.95. The number of amides is 1. The van der Waals surface area contributed by atoms with Crippen molar-refractivity contribution in [1.82, 2.24) is 5.32 Å². The van der Waals surface area contributed by atoms with E-state index in [0.29, 0.717) is 13.0 Å². The number of hydrogen-bond donors (Lipinski definition) is 2. The SMILES string of the molecule is Cc1ccccc1C1=NO[C@H](C(=O)NCC[NH+](C)C)C1. The van der Waals surface area contributed by atoms with Crippen LogP contribution in [0.4, 0.5) is 0 Å². The van der Waals surface area contributed by atoms with Gasteiger partial charge >= 0.3 is 0 Å². The molecule has 0 aromatic heterocycles. The van der Waals surface area contributed by atoms with E-state index < -0.39 is 6.10 Å². The lowest BCUT2D eigenvalue weighted by Gasteiger charge is -2.11. The third-order valence-corrected chi connectivity index (χ3v) is 3.34. The van der Waals surface area contributed by atoms with Gasteiger partial charge in [0.2, 0.25) is 6.10 Å². The molecule has 5 nitrogen and oxygen atoms in total. The molecule has 0 saturated heterocycles. The maximum Gasteiger partial charge on any atom is 0.264 e. The Balaban J connectivity index is 1.88. The standard InChI is InChI=1S/C15H21N3O2/c1-11-6-4-5-7-12(11)13-10-14(20-17-13)15(19)16-8-9-18(2)3/h4-7,14H,8-10H2,1-3H3,(H,16,19)/p+1/t14-/m0/s1. The first-order chi connectivity index (χ1) is 9.58. The average molecular weight is 276 g/mol. The van der Waals surface area contributed by atoms with E-state index >= 15 is 0 Å². The molecule has 0 aliphatic carbocycles. The lowest BCUT2D eigenvalue weighted by atomic mass is 10.0. The van der Waals surface area contributed by atoms with Gasteiger partial charge < -0.3 is 15.1 Å². The summed E-state index contributed by atoms with van der Waals surface area (Å²) in [6, 6.07) is 8.00. The molecule has 1 aromatic carbocycles. The molecule has 1 amide bonds. The van der Waals surface area contributed by atoms with E-state index in [4.69, 9.17) is 4.84 Å². The summed E-state index contributed by atoms with van der Waals surface area (Å²) < 4.78 is 0. The van der Waals surface area contributed by atoms with Crippen molar-refractivity contribution in [3.63, 3.8) is 0 Å². The molecule has 5 heteroatoms. The molecule has 1 aliphatic heterocycles. The minimum atomic E-state index is -0.498. The fourth-order valence-corrected chi connectivity index (χ4v) is 2.12. The van der Waals surface area contributed by atoms with Crippen LogP contribution >= 0.6 is 0 Å². The lowest BCUT2D eigenvalue weighted by Crippen LogP contribution is -3.06. The normalized spacial score (nSPS) is 17.8. The van der Waals surface area contributed by atoms with E-state index in [1.807, 2.05) is 31.2 Å². The van der Waals surface area contributed by atoms with Crippen molar-refractivity contribution in [1.29, 1.82) is 0 Å². The Labute approximate surface area is 119 Å². The van der Waals surface area contributed by atoms with Gasteiger partial charge in [-0.3, -0.25) is 4.79 Å². The Kier molecular flexibility index (Phi) is 4.74. The number of aryl methyl sites for hydroxylation is 1. The summed E-state index contributed by atoms with van der Waals surface area (Å²) in [5.74, 6) is -0.0846. The van der Waals surface area contributed by atoms with Crippen molar-refractivity contribution in [3.05, 3.63) is 35.4 Å². The van der Waals surface area contributed by atoms with Crippen molar-refractivity contribution in [2.24, 2.45) is 5.16 Å². The average Bonchev–Trinajstić information content (AvgIpc) is 2.88. The van der Waals surface area contributed by atoms with Crippen LogP contribution in [0.15, 0.2) is 29.4 Å². The van der Waals surface area contributed by atoms with E-state index in [1.165, 1.54) is 4.90 Å². The maximum absolute atomic E-state index is 12.0. The van der Waals surface area contributed by atoms with Gasteiger partial charge in [0.05, 0.1) is 32.9 Å². The first-order valence-electron chi connectivity index (χ1n) is 6.93. The molecule has 1 atom stereocenters. The molecule has 0 radical (unpaired) electrons. The molecule has 0 bridgehead atoms. The monoisotopic (exact) mass is 276 g/mol. The summed E-state index contributed by atoms with van der Waals surface area (Å²) in [5.41, 5.74) is 3.05. The van der Waals surface area contributed by atoms with E-state index in [1.54, 1.807) is 0 Å². The highest BCUT2D eigenvalue weighted by molar-refractivity contribution is 6.04. The predicted molar refractivity (Wildman–Crippen MR) is 77.9 cm³/mol. The van der Waals surface area contributed by atoms with Crippen LogP contribution in [-0.2, 0) is 9.63 Å². The molecule has 0 fully saturated rings. The van der Waals surface area contributed by atoms with E-state index in [-0.39, 0.29) is 5.91 Å². The zero-order chi connectivity index (χ0) is 14.5. The fourth-order valence-electron chi connectivity index (χ4n) is 2.12. The fraction of sp³-hybridized carbons (Fsp3) is 0.467. The van der Waals surface area contributed by atoms with E-state index in [2.05, 4.69) is 24.6 Å². The van der Waals surface area contributed by atoms with Crippen molar-refractivity contribution < 1.29 is 14.5 Å². The number of carbonyl (C=O) groups excluding carboxylic acids is 1. The van der Waals surface area contributed by atoms with E-state index in [0.717, 1.165) is 23.4 Å². The van der Waals surface area contributed by atoms with Gasteiger partial charge in [-0.05, 0) is 12.5 Å². The van der Waals surface area contributed by atoms with Gasteiger partial charge in [0.15, 0.2) is 0 Å². The molecule has 20 heavy (non-hydrogen) atoms.